The van der Waals surface area contributed by atoms with Crippen LogP contribution in [0.1, 0.15) is 11.3 Å². The predicted molar refractivity (Wildman–Crippen MR) is 104 cm³/mol. The number of methoxy groups -OCH3 is 1. The molecule has 0 radical (unpaired) electrons. The quantitative estimate of drug-likeness (QED) is 0.530. The number of ether oxygens (including phenoxy) is 1. The van der Waals surface area contributed by atoms with Gasteiger partial charge < -0.3 is 13.9 Å². The summed E-state index contributed by atoms with van der Waals surface area (Å²) in [7, 11) is -2.52. The Kier molecular flexibility index (Phi) is 4.17. The molecule has 0 aliphatic rings. The Balaban J connectivity index is 1.91. The first kappa shape index (κ1) is 17.8. The number of fused-ring (bicyclic) bond motifs is 3. The summed E-state index contributed by atoms with van der Waals surface area (Å²) < 4.78 is 36.2. The summed E-state index contributed by atoms with van der Waals surface area (Å²) in [6.45, 7) is 1.87. The highest BCUT2D eigenvalue weighted by Crippen LogP contribution is 2.38. The number of nitriles is 1. The van der Waals surface area contributed by atoms with Gasteiger partial charge in [-0.05, 0) is 25.1 Å². The molecule has 0 spiro atoms. The third kappa shape index (κ3) is 2.82. The lowest BCUT2D eigenvalue weighted by Gasteiger charge is -2.08. The van der Waals surface area contributed by atoms with Crippen LogP contribution in [0.4, 0.5) is 0 Å². The maximum atomic E-state index is 12.7. The summed E-state index contributed by atoms with van der Waals surface area (Å²) in [6.07, 6.45) is 1.46. The molecule has 7 nitrogen and oxygen atoms in total. The van der Waals surface area contributed by atoms with Gasteiger partial charge in [-0.3, -0.25) is 0 Å². The van der Waals surface area contributed by atoms with Crippen molar-refractivity contribution in [3.05, 3.63) is 59.9 Å². The van der Waals surface area contributed by atoms with Gasteiger partial charge in [0.1, 0.15) is 16.7 Å². The first-order valence-electron chi connectivity index (χ1n) is 8.33. The van der Waals surface area contributed by atoms with Crippen LogP contribution in [0.2, 0.25) is 0 Å². The van der Waals surface area contributed by atoms with E-state index < -0.39 is 10.1 Å². The number of aromatic amines is 1. The molecule has 0 saturated carbocycles. The van der Waals surface area contributed by atoms with Crippen LogP contribution in [-0.4, -0.2) is 25.5 Å². The zero-order valence-electron chi connectivity index (χ0n) is 15.1. The van der Waals surface area contributed by atoms with Crippen LogP contribution in [0, 0.1) is 18.3 Å². The van der Waals surface area contributed by atoms with Crippen molar-refractivity contribution in [2.24, 2.45) is 0 Å². The highest BCUT2D eigenvalue weighted by molar-refractivity contribution is 7.87. The van der Waals surface area contributed by atoms with Crippen molar-refractivity contribution in [2.45, 2.75) is 11.8 Å². The maximum Gasteiger partial charge on any atom is 0.339 e. The van der Waals surface area contributed by atoms with E-state index in [4.69, 9.17) is 8.92 Å². The Hall–Kier alpha value is -3.57. The van der Waals surface area contributed by atoms with E-state index in [0.717, 1.165) is 5.56 Å². The van der Waals surface area contributed by atoms with Gasteiger partial charge in [-0.15, -0.1) is 0 Å². The number of para-hydroxylation sites is 1. The van der Waals surface area contributed by atoms with Crippen LogP contribution in [0.25, 0.3) is 21.8 Å². The lowest BCUT2D eigenvalue weighted by molar-refractivity contribution is 0.418. The van der Waals surface area contributed by atoms with Gasteiger partial charge in [-0.1, -0.05) is 29.8 Å². The third-order valence-corrected chi connectivity index (χ3v) is 5.67. The van der Waals surface area contributed by atoms with Crippen LogP contribution in [0.15, 0.2) is 53.6 Å². The van der Waals surface area contributed by atoms with Crippen molar-refractivity contribution in [3.63, 3.8) is 0 Å². The van der Waals surface area contributed by atoms with Gasteiger partial charge in [0.25, 0.3) is 0 Å². The summed E-state index contributed by atoms with van der Waals surface area (Å²) in [6, 6.07) is 13.5. The van der Waals surface area contributed by atoms with E-state index in [1.165, 1.54) is 25.4 Å². The largest absolute Gasteiger partial charge is 0.494 e. The number of H-pyrrole nitrogens is 1. The molecule has 140 valence electrons. The Morgan fingerprint density at radius 2 is 1.82 bits per heavy atom. The van der Waals surface area contributed by atoms with Gasteiger partial charge in [0, 0.05) is 5.39 Å². The zero-order chi connectivity index (χ0) is 19.9. The molecule has 0 aliphatic carbocycles. The first-order chi connectivity index (χ1) is 13.4. The number of nitrogens with one attached hydrogen (secondary N) is 1. The van der Waals surface area contributed by atoms with Crippen LogP contribution in [0.3, 0.4) is 0 Å². The average Bonchev–Trinajstić information content (AvgIpc) is 3.08. The molecule has 4 rings (SSSR count). The minimum absolute atomic E-state index is 0.0585. The number of nitrogens with zero attached hydrogens (tertiary/aromatic N) is 2. The Bertz CT molecular complexity index is 1350. The predicted octanol–water partition coefficient (Wildman–Crippen LogP) is 3.67. The number of hydrogen-bond acceptors (Lipinski definition) is 6. The molecular weight excluding hydrogens is 378 g/mol. The van der Waals surface area contributed by atoms with Crippen molar-refractivity contribution >= 4 is 31.9 Å². The molecule has 8 heteroatoms. The molecule has 0 atom stereocenters. The number of benzene rings is 2. The molecule has 0 saturated heterocycles. The standard InChI is InChI=1S/C20H15N3O4S/c1-12-6-8-13(9-7-12)28(24,25)27-16-5-3-4-14-18-17(26-2)11-22-15(10-21)20(18)23-19(14)16/h3-9,11,23H,1-2H3. The van der Waals surface area contributed by atoms with Crippen LogP contribution in [-0.2, 0) is 10.1 Å². The van der Waals surface area contributed by atoms with Crippen molar-refractivity contribution in [3.8, 4) is 17.6 Å². The lowest BCUT2D eigenvalue weighted by atomic mass is 10.1. The monoisotopic (exact) mass is 393 g/mol. The van der Waals surface area contributed by atoms with Crippen molar-refractivity contribution < 1.29 is 17.3 Å². The van der Waals surface area contributed by atoms with E-state index in [-0.39, 0.29) is 16.3 Å². The number of hydrogen-bond donors (Lipinski definition) is 1. The van der Waals surface area contributed by atoms with E-state index in [1.54, 1.807) is 30.3 Å². The Morgan fingerprint density at radius 1 is 1.07 bits per heavy atom. The SMILES string of the molecule is COc1cnc(C#N)c2[nH]c3c(OS(=O)(=O)c4ccc(C)cc4)cccc3c12. The number of aromatic nitrogens is 2. The Morgan fingerprint density at radius 3 is 2.50 bits per heavy atom. The molecule has 2 heterocycles. The van der Waals surface area contributed by atoms with Crippen LogP contribution < -0.4 is 8.92 Å². The maximum absolute atomic E-state index is 12.7. The van der Waals surface area contributed by atoms with Crippen molar-refractivity contribution in [2.75, 3.05) is 7.11 Å². The number of pyridine rings is 1. The van der Waals surface area contributed by atoms with E-state index in [1.807, 2.05) is 13.0 Å². The summed E-state index contributed by atoms with van der Waals surface area (Å²) in [5.41, 5.74) is 2.02. The van der Waals surface area contributed by atoms with Gasteiger partial charge in [0.05, 0.1) is 29.7 Å². The molecule has 0 fully saturated rings. The third-order valence-electron chi connectivity index (χ3n) is 4.42. The summed E-state index contributed by atoms with van der Waals surface area (Å²) in [5, 5.41) is 10.7. The fourth-order valence-corrected chi connectivity index (χ4v) is 4.00. The molecule has 2 aromatic heterocycles. The second-order valence-corrected chi connectivity index (χ2v) is 7.74. The summed E-state index contributed by atoms with van der Waals surface area (Å²) in [5.74, 6) is 0.596. The van der Waals surface area contributed by atoms with Gasteiger partial charge in [0.15, 0.2) is 11.4 Å². The second-order valence-electron chi connectivity index (χ2n) is 6.19. The van der Waals surface area contributed by atoms with Gasteiger partial charge in [0.2, 0.25) is 0 Å². The Labute approximate surface area is 161 Å². The molecule has 0 unspecified atom stereocenters. The minimum atomic E-state index is -4.02. The van der Waals surface area contributed by atoms with Crippen molar-refractivity contribution in [1.82, 2.24) is 9.97 Å². The zero-order valence-corrected chi connectivity index (χ0v) is 15.9. The molecule has 28 heavy (non-hydrogen) atoms. The lowest BCUT2D eigenvalue weighted by Crippen LogP contribution is -2.09. The van der Waals surface area contributed by atoms with E-state index >= 15 is 0 Å². The van der Waals surface area contributed by atoms with E-state index in [9.17, 15) is 13.7 Å². The smallest absolute Gasteiger partial charge is 0.339 e. The van der Waals surface area contributed by atoms with Crippen LogP contribution >= 0.6 is 0 Å². The first-order valence-corrected chi connectivity index (χ1v) is 9.74. The highest BCUT2D eigenvalue weighted by Gasteiger charge is 2.21. The second kappa shape index (κ2) is 6.55. The normalized spacial score (nSPS) is 11.5. The molecular formula is C20H15N3O4S. The fourth-order valence-electron chi connectivity index (χ4n) is 3.06. The summed E-state index contributed by atoms with van der Waals surface area (Å²) in [4.78, 5) is 7.20. The van der Waals surface area contributed by atoms with E-state index in [0.29, 0.717) is 27.6 Å². The molecule has 2 aromatic carbocycles. The topological polar surface area (TPSA) is 105 Å². The molecule has 0 bridgehead atoms. The van der Waals surface area contributed by atoms with Gasteiger partial charge >= 0.3 is 10.1 Å². The average molecular weight is 393 g/mol. The van der Waals surface area contributed by atoms with Gasteiger partial charge in [-0.2, -0.15) is 13.7 Å². The van der Waals surface area contributed by atoms with Gasteiger partial charge in [-0.25, -0.2) is 4.98 Å². The molecule has 0 aliphatic heterocycles. The molecule has 1 N–H and O–H groups in total. The van der Waals surface area contributed by atoms with E-state index in [2.05, 4.69) is 9.97 Å². The van der Waals surface area contributed by atoms with Crippen molar-refractivity contribution in [1.29, 1.82) is 5.26 Å². The van der Waals surface area contributed by atoms with Crippen LogP contribution in [0.5, 0.6) is 11.5 Å². The molecule has 4 aromatic rings. The molecule has 0 amide bonds. The highest BCUT2D eigenvalue weighted by atomic mass is 32.2. The number of aryl methyl sites for hydroxylation is 1. The summed E-state index contributed by atoms with van der Waals surface area (Å²) >= 11 is 0. The number of rotatable bonds is 4. The minimum Gasteiger partial charge on any atom is -0.494 e. The fraction of sp³-hybridized carbons (Fsp3) is 0.100.